The first kappa shape index (κ1) is 17.3. The van der Waals surface area contributed by atoms with Crippen LogP contribution in [0.25, 0.3) is 22.0 Å². The van der Waals surface area contributed by atoms with Gasteiger partial charge in [0.15, 0.2) is 0 Å². The van der Waals surface area contributed by atoms with Crippen molar-refractivity contribution in [2.45, 2.75) is 19.3 Å². The number of alkyl halides is 2. The fourth-order valence-electron chi connectivity index (χ4n) is 3.08. The van der Waals surface area contributed by atoms with Crippen LogP contribution in [0.5, 0.6) is 0 Å². The smallest absolute Gasteiger partial charge is 0.260 e. The molecule has 8 heteroatoms. The maximum absolute atomic E-state index is 13.0. The van der Waals surface area contributed by atoms with Crippen molar-refractivity contribution in [1.29, 1.82) is 0 Å². The van der Waals surface area contributed by atoms with Gasteiger partial charge in [-0.1, -0.05) is 0 Å². The van der Waals surface area contributed by atoms with Crippen LogP contribution in [0.1, 0.15) is 12.0 Å². The Hall–Kier alpha value is -3.16. The van der Waals surface area contributed by atoms with E-state index in [1.807, 2.05) is 13.0 Å². The molecule has 0 aromatic carbocycles. The van der Waals surface area contributed by atoms with E-state index >= 15 is 0 Å². The van der Waals surface area contributed by atoms with Crippen molar-refractivity contribution >= 4 is 22.6 Å². The number of pyridine rings is 3. The number of hydrogen-bond donors (Lipinski definition) is 1. The fourth-order valence-corrected chi connectivity index (χ4v) is 3.08. The first-order chi connectivity index (χ1) is 12.8. The number of aromatic nitrogens is 3. The van der Waals surface area contributed by atoms with Crippen LogP contribution in [-0.2, 0) is 11.8 Å². The van der Waals surface area contributed by atoms with Gasteiger partial charge in [0.05, 0.1) is 5.52 Å². The summed E-state index contributed by atoms with van der Waals surface area (Å²) in [7, 11) is 1.61. The SMILES string of the molecule is Cc1ccncc1-c1cc2cnc(NC(=O)C3CC3(F)F)cc2n(C)c1=O. The van der Waals surface area contributed by atoms with E-state index < -0.39 is 24.2 Å². The predicted molar refractivity (Wildman–Crippen MR) is 96.6 cm³/mol. The monoisotopic (exact) mass is 370 g/mol. The molecular weight excluding hydrogens is 354 g/mol. The minimum atomic E-state index is -2.94. The van der Waals surface area contributed by atoms with Gasteiger partial charge in [-0.15, -0.1) is 0 Å². The molecule has 1 atom stereocenters. The number of fused-ring (bicyclic) bond motifs is 1. The number of carbonyl (C=O) groups is 1. The first-order valence-electron chi connectivity index (χ1n) is 8.37. The van der Waals surface area contributed by atoms with Gasteiger partial charge in [-0.05, 0) is 24.6 Å². The standard InChI is InChI=1S/C19H16F2N4O2/c1-10-3-4-22-9-13(10)12-5-11-8-23-16(6-15(11)25(2)18(12)27)24-17(26)14-7-19(14,20)21/h3-6,8-9,14H,7H2,1-2H3,(H,23,24,26). The normalized spacial score (nSPS) is 17.7. The Kier molecular flexibility index (Phi) is 3.80. The third-order valence-corrected chi connectivity index (χ3v) is 4.83. The maximum Gasteiger partial charge on any atom is 0.260 e. The summed E-state index contributed by atoms with van der Waals surface area (Å²) in [6.45, 7) is 1.89. The molecule has 0 radical (unpaired) electrons. The molecule has 3 aromatic heterocycles. The summed E-state index contributed by atoms with van der Waals surface area (Å²) in [5.74, 6) is -4.88. The Morgan fingerprint density at radius 3 is 2.70 bits per heavy atom. The van der Waals surface area contributed by atoms with E-state index in [0.29, 0.717) is 16.5 Å². The van der Waals surface area contributed by atoms with Crippen LogP contribution in [-0.4, -0.2) is 26.4 Å². The van der Waals surface area contributed by atoms with E-state index in [4.69, 9.17) is 0 Å². The van der Waals surface area contributed by atoms with Crippen LogP contribution in [0.3, 0.4) is 0 Å². The van der Waals surface area contributed by atoms with Crippen molar-refractivity contribution in [2.75, 3.05) is 5.32 Å². The molecule has 1 fully saturated rings. The second-order valence-corrected chi connectivity index (χ2v) is 6.75. The molecule has 1 aliphatic rings. The van der Waals surface area contributed by atoms with Gasteiger partial charge in [-0.3, -0.25) is 14.6 Å². The molecule has 3 heterocycles. The van der Waals surface area contributed by atoms with Crippen LogP contribution in [0.4, 0.5) is 14.6 Å². The first-order valence-corrected chi connectivity index (χ1v) is 8.37. The van der Waals surface area contributed by atoms with E-state index in [1.54, 1.807) is 25.5 Å². The average Bonchev–Trinajstić information content (AvgIpc) is 3.28. The number of rotatable bonds is 3. The highest BCUT2D eigenvalue weighted by atomic mass is 19.3. The van der Waals surface area contributed by atoms with Crippen molar-refractivity contribution in [1.82, 2.24) is 14.5 Å². The van der Waals surface area contributed by atoms with Gasteiger partial charge in [0.1, 0.15) is 11.7 Å². The third-order valence-electron chi connectivity index (χ3n) is 4.83. The number of aryl methyl sites for hydroxylation is 2. The Morgan fingerprint density at radius 2 is 2.04 bits per heavy atom. The average molecular weight is 370 g/mol. The fraction of sp³-hybridized carbons (Fsp3) is 0.263. The quantitative estimate of drug-likeness (QED) is 0.769. The Labute approximate surface area is 152 Å². The zero-order chi connectivity index (χ0) is 19.3. The molecule has 138 valence electrons. The van der Waals surface area contributed by atoms with Gasteiger partial charge >= 0.3 is 0 Å². The van der Waals surface area contributed by atoms with Gasteiger partial charge in [0, 0.05) is 54.6 Å². The molecule has 4 rings (SSSR count). The summed E-state index contributed by atoms with van der Waals surface area (Å²) < 4.78 is 27.5. The topological polar surface area (TPSA) is 76.9 Å². The second-order valence-electron chi connectivity index (χ2n) is 6.75. The van der Waals surface area contributed by atoms with Crippen molar-refractivity contribution < 1.29 is 13.6 Å². The molecule has 1 unspecified atom stereocenters. The minimum absolute atomic E-state index is 0.135. The zero-order valence-electron chi connectivity index (χ0n) is 14.7. The molecule has 1 saturated carbocycles. The molecule has 0 saturated heterocycles. The zero-order valence-corrected chi connectivity index (χ0v) is 14.7. The second kappa shape index (κ2) is 5.94. The summed E-state index contributed by atoms with van der Waals surface area (Å²) in [5.41, 5.74) is 2.46. The number of nitrogens with one attached hydrogen (secondary N) is 1. The van der Waals surface area contributed by atoms with E-state index in [0.717, 1.165) is 11.1 Å². The van der Waals surface area contributed by atoms with E-state index in [2.05, 4.69) is 15.3 Å². The van der Waals surface area contributed by atoms with Gasteiger partial charge < -0.3 is 9.88 Å². The highest BCUT2D eigenvalue weighted by molar-refractivity contribution is 5.96. The summed E-state index contributed by atoms with van der Waals surface area (Å²) in [6.07, 6.45) is 4.35. The van der Waals surface area contributed by atoms with E-state index in [9.17, 15) is 18.4 Å². The highest BCUT2D eigenvalue weighted by Crippen LogP contribution is 2.49. The highest BCUT2D eigenvalue weighted by Gasteiger charge is 2.61. The summed E-state index contributed by atoms with van der Waals surface area (Å²) in [5, 5.41) is 3.08. The van der Waals surface area contributed by atoms with Gasteiger partial charge in [-0.2, -0.15) is 0 Å². The van der Waals surface area contributed by atoms with E-state index in [-0.39, 0.29) is 11.4 Å². The van der Waals surface area contributed by atoms with Gasteiger partial charge in [0.25, 0.3) is 11.5 Å². The van der Waals surface area contributed by atoms with Crippen molar-refractivity contribution in [3.63, 3.8) is 0 Å². The molecule has 0 bridgehead atoms. The number of halogens is 2. The van der Waals surface area contributed by atoms with Crippen molar-refractivity contribution in [3.8, 4) is 11.1 Å². The van der Waals surface area contributed by atoms with Crippen molar-refractivity contribution in [2.24, 2.45) is 13.0 Å². The Bertz CT molecular complexity index is 1140. The largest absolute Gasteiger partial charge is 0.311 e. The number of amides is 1. The number of nitrogens with zero attached hydrogens (tertiary/aromatic N) is 3. The summed E-state index contributed by atoms with van der Waals surface area (Å²) in [6, 6.07) is 5.05. The molecule has 0 spiro atoms. The Morgan fingerprint density at radius 1 is 1.30 bits per heavy atom. The van der Waals surface area contributed by atoms with Crippen LogP contribution >= 0.6 is 0 Å². The molecular formula is C19H16F2N4O2. The third kappa shape index (κ3) is 2.97. The lowest BCUT2D eigenvalue weighted by molar-refractivity contribution is -0.119. The van der Waals surface area contributed by atoms with Crippen LogP contribution in [0.15, 0.2) is 41.6 Å². The minimum Gasteiger partial charge on any atom is -0.311 e. The number of hydrogen-bond acceptors (Lipinski definition) is 4. The number of anilines is 1. The van der Waals surface area contributed by atoms with Crippen LogP contribution < -0.4 is 10.9 Å². The predicted octanol–water partition coefficient (Wildman–Crippen LogP) is 2.90. The lowest BCUT2D eigenvalue weighted by Gasteiger charge is -2.12. The summed E-state index contributed by atoms with van der Waals surface area (Å²) in [4.78, 5) is 32.9. The molecule has 1 aliphatic carbocycles. The number of carbonyl (C=O) groups excluding carboxylic acids is 1. The maximum atomic E-state index is 13.0. The lowest BCUT2D eigenvalue weighted by atomic mass is 10.0. The molecule has 6 nitrogen and oxygen atoms in total. The molecule has 27 heavy (non-hydrogen) atoms. The van der Waals surface area contributed by atoms with Crippen molar-refractivity contribution in [3.05, 3.63) is 52.7 Å². The molecule has 3 aromatic rings. The van der Waals surface area contributed by atoms with Gasteiger partial charge in [0.2, 0.25) is 5.91 Å². The van der Waals surface area contributed by atoms with Gasteiger partial charge in [-0.25, -0.2) is 13.8 Å². The summed E-state index contributed by atoms with van der Waals surface area (Å²) >= 11 is 0. The molecule has 1 N–H and O–H groups in total. The Balaban J connectivity index is 1.74. The van der Waals surface area contributed by atoms with Crippen LogP contribution in [0.2, 0.25) is 0 Å². The molecule has 1 amide bonds. The lowest BCUT2D eigenvalue weighted by Crippen LogP contribution is -2.21. The molecule has 0 aliphatic heterocycles. The van der Waals surface area contributed by atoms with E-state index in [1.165, 1.54) is 16.8 Å². The van der Waals surface area contributed by atoms with Crippen LogP contribution in [0, 0.1) is 12.8 Å².